The normalized spacial score (nSPS) is 19.4. The summed E-state index contributed by atoms with van der Waals surface area (Å²) >= 11 is 0. The van der Waals surface area contributed by atoms with Crippen molar-refractivity contribution in [1.29, 1.82) is 0 Å². The van der Waals surface area contributed by atoms with Gasteiger partial charge in [0.05, 0.1) is 6.04 Å². The fourth-order valence-electron chi connectivity index (χ4n) is 2.49. The molecule has 1 saturated heterocycles. The lowest BCUT2D eigenvalue weighted by Crippen LogP contribution is -2.28. The Morgan fingerprint density at radius 3 is 2.90 bits per heavy atom. The largest absolute Gasteiger partial charge is 0.316 e. The van der Waals surface area contributed by atoms with Crippen LogP contribution in [0.4, 0.5) is 5.82 Å². The van der Waals surface area contributed by atoms with Gasteiger partial charge in [-0.3, -0.25) is 9.48 Å². The molecule has 3 rings (SSSR count). The number of rotatable bonds is 4. The molecular weight excluding hydrogens is 266 g/mol. The van der Waals surface area contributed by atoms with Crippen LogP contribution in [0, 0.1) is 0 Å². The maximum absolute atomic E-state index is 12.1. The summed E-state index contributed by atoms with van der Waals surface area (Å²) in [7, 11) is 0. The summed E-state index contributed by atoms with van der Waals surface area (Å²) in [5, 5.41) is 10.5. The molecule has 1 aliphatic heterocycles. The van der Waals surface area contributed by atoms with E-state index in [2.05, 4.69) is 15.7 Å². The first-order valence-electron chi connectivity index (χ1n) is 7.11. The first kappa shape index (κ1) is 13.8. The molecule has 110 valence electrons. The third kappa shape index (κ3) is 3.12. The number of nitrogens with two attached hydrogens (primary N) is 1. The zero-order valence-electron chi connectivity index (χ0n) is 11.7. The Morgan fingerprint density at radius 1 is 1.38 bits per heavy atom. The van der Waals surface area contributed by atoms with Gasteiger partial charge in [0.1, 0.15) is 6.04 Å². The molecule has 1 amide bonds. The van der Waals surface area contributed by atoms with Gasteiger partial charge in [-0.2, -0.15) is 5.10 Å². The van der Waals surface area contributed by atoms with Gasteiger partial charge in [0.2, 0.25) is 5.91 Å². The fraction of sp³-hybridized carbons (Fsp3) is 0.333. The maximum Gasteiger partial charge on any atom is 0.247 e. The number of carbonyl (C=O) groups is 1. The monoisotopic (exact) mass is 285 g/mol. The second-order valence-electron chi connectivity index (χ2n) is 5.21. The Kier molecular flexibility index (Phi) is 3.98. The van der Waals surface area contributed by atoms with Crippen molar-refractivity contribution in [2.45, 2.75) is 18.5 Å². The molecule has 0 aliphatic carbocycles. The molecule has 0 unspecified atom stereocenters. The standard InChI is InChI=1S/C15H19N5O/c16-14(11-4-2-1-3-5-11)15(21)18-13-7-9-20(19-13)12-6-8-17-10-12/h1-5,7,9,12,14,17H,6,8,10,16H2,(H,18,19,21)/t12-,14-/m0/s1. The van der Waals surface area contributed by atoms with Crippen LogP contribution in [0.25, 0.3) is 0 Å². The lowest BCUT2D eigenvalue weighted by atomic mass is 10.1. The van der Waals surface area contributed by atoms with E-state index in [1.807, 2.05) is 41.2 Å². The van der Waals surface area contributed by atoms with Crippen molar-refractivity contribution >= 4 is 11.7 Å². The van der Waals surface area contributed by atoms with Crippen LogP contribution < -0.4 is 16.4 Å². The van der Waals surface area contributed by atoms with Gasteiger partial charge in [0.15, 0.2) is 5.82 Å². The number of benzene rings is 1. The highest BCUT2D eigenvalue weighted by Crippen LogP contribution is 2.17. The summed E-state index contributed by atoms with van der Waals surface area (Å²) in [4.78, 5) is 12.1. The molecule has 0 spiro atoms. The lowest BCUT2D eigenvalue weighted by molar-refractivity contribution is -0.117. The van der Waals surface area contributed by atoms with Crippen molar-refractivity contribution in [3.63, 3.8) is 0 Å². The van der Waals surface area contributed by atoms with Gasteiger partial charge in [-0.1, -0.05) is 30.3 Å². The maximum atomic E-state index is 12.1. The molecule has 1 aromatic carbocycles. The summed E-state index contributed by atoms with van der Waals surface area (Å²) in [5.74, 6) is 0.286. The number of hydrogen-bond donors (Lipinski definition) is 3. The number of hydrogen-bond acceptors (Lipinski definition) is 4. The van der Waals surface area contributed by atoms with Crippen LogP contribution in [0.2, 0.25) is 0 Å². The summed E-state index contributed by atoms with van der Waals surface area (Å²) in [6, 6.07) is 10.8. The summed E-state index contributed by atoms with van der Waals surface area (Å²) in [5.41, 5.74) is 6.75. The summed E-state index contributed by atoms with van der Waals surface area (Å²) < 4.78 is 1.89. The molecule has 2 aromatic rings. The lowest BCUT2D eigenvalue weighted by Gasteiger charge is -2.11. The highest BCUT2D eigenvalue weighted by atomic mass is 16.2. The predicted molar refractivity (Wildman–Crippen MR) is 80.8 cm³/mol. The quantitative estimate of drug-likeness (QED) is 0.784. The van der Waals surface area contributed by atoms with Crippen LogP contribution in [0.15, 0.2) is 42.6 Å². The van der Waals surface area contributed by atoms with E-state index in [0.717, 1.165) is 25.1 Å². The van der Waals surface area contributed by atoms with Gasteiger partial charge in [-0.05, 0) is 18.5 Å². The zero-order chi connectivity index (χ0) is 14.7. The molecule has 1 fully saturated rings. The Balaban J connectivity index is 1.64. The van der Waals surface area contributed by atoms with Crippen molar-refractivity contribution in [2.24, 2.45) is 5.73 Å². The van der Waals surface area contributed by atoms with Crippen LogP contribution >= 0.6 is 0 Å². The van der Waals surface area contributed by atoms with Crippen LogP contribution in [-0.4, -0.2) is 28.8 Å². The first-order valence-corrected chi connectivity index (χ1v) is 7.11. The van der Waals surface area contributed by atoms with E-state index in [4.69, 9.17) is 5.73 Å². The molecule has 0 radical (unpaired) electrons. The Bertz CT molecular complexity index is 604. The van der Waals surface area contributed by atoms with Gasteiger partial charge >= 0.3 is 0 Å². The van der Waals surface area contributed by atoms with Gasteiger partial charge in [-0.25, -0.2) is 0 Å². The van der Waals surface area contributed by atoms with Crippen molar-refractivity contribution < 1.29 is 4.79 Å². The number of nitrogens with one attached hydrogen (secondary N) is 2. The minimum absolute atomic E-state index is 0.254. The molecule has 1 aliphatic rings. The van der Waals surface area contributed by atoms with Crippen molar-refractivity contribution in [1.82, 2.24) is 15.1 Å². The van der Waals surface area contributed by atoms with Crippen molar-refractivity contribution in [3.05, 3.63) is 48.2 Å². The van der Waals surface area contributed by atoms with Crippen LogP contribution in [-0.2, 0) is 4.79 Å². The molecule has 1 aromatic heterocycles. The van der Waals surface area contributed by atoms with Gasteiger partial charge in [-0.15, -0.1) is 0 Å². The second kappa shape index (κ2) is 6.07. The average Bonchev–Trinajstić information content (AvgIpc) is 3.18. The van der Waals surface area contributed by atoms with Crippen LogP contribution in [0.3, 0.4) is 0 Å². The van der Waals surface area contributed by atoms with E-state index in [-0.39, 0.29) is 5.91 Å². The Hall–Kier alpha value is -2.18. The third-order valence-corrected chi connectivity index (χ3v) is 3.71. The van der Waals surface area contributed by atoms with E-state index in [1.165, 1.54) is 0 Å². The van der Waals surface area contributed by atoms with Crippen LogP contribution in [0.5, 0.6) is 0 Å². The van der Waals surface area contributed by atoms with E-state index < -0.39 is 6.04 Å². The molecule has 21 heavy (non-hydrogen) atoms. The summed E-state index contributed by atoms with van der Waals surface area (Å²) in [6.07, 6.45) is 2.94. The SMILES string of the molecule is N[C@H](C(=O)Nc1ccn([C@H]2CCNC2)n1)c1ccccc1. The Morgan fingerprint density at radius 2 is 2.19 bits per heavy atom. The number of amides is 1. The summed E-state index contributed by atoms with van der Waals surface area (Å²) in [6.45, 7) is 1.92. The van der Waals surface area contributed by atoms with Gasteiger partial charge < -0.3 is 16.4 Å². The predicted octanol–water partition coefficient (Wildman–Crippen LogP) is 1.06. The average molecular weight is 285 g/mol. The minimum atomic E-state index is -0.690. The van der Waals surface area contributed by atoms with Crippen LogP contribution in [0.1, 0.15) is 24.1 Å². The first-order chi connectivity index (χ1) is 10.2. The zero-order valence-corrected chi connectivity index (χ0v) is 11.7. The molecule has 6 heteroatoms. The molecule has 6 nitrogen and oxygen atoms in total. The van der Waals surface area contributed by atoms with Gasteiger partial charge in [0.25, 0.3) is 0 Å². The van der Waals surface area contributed by atoms with Gasteiger partial charge in [0, 0.05) is 18.8 Å². The molecular formula is C15H19N5O. The molecule has 0 saturated carbocycles. The smallest absolute Gasteiger partial charge is 0.247 e. The highest BCUT2D eigenvalue weighted by molar-refractivity contribution is 5.94. The number of aromatic nitrogens is 2. The van der Waals surface area contributed by atoms with E-state index in [0.29, 0.717) is 11.9 Å². The van der Waals surface area contributed by atoms with Crippen molar-refractivity contribution in [2.75, 3.05) is 18.4 Å². The van der Waals surface area contributed by atoms with E-state index in [9.17, 15) is 4.79 Å². The number of nitrogens with zero attached hydrogens (tertiary/aromatic N) is 2. The Labute approximate surface area is 123 Å². The minimum Gasteiger partial charge on any atom is -0.316 e. The van der Waals surface area contributed by atoms with E-state index >= 15 is 0 Å². The number of anilines is 1. The third-order valence-electron chi connectivity index (χ3n) is 3.71. The molecule has 2 atom stereocenters. The topological polar surface area (TPSA) is 85.0 Å². The highest BCUT2D eigenvalue weighted by Gasteiger charge is 2.19. The second-order valence-corrected chi connectivity index (χ2v) is 5.21. The van der Waals surface area contributed by atoms with Crippen molar-refractivity contribution in [3.8, 4) is 0 Å². The molecule has 4 N–H and O–H groups in total. The van der Waals surface area contributed by atoms with E-state index in [1.54, 1.807) is 6.07 Å². The fourth-order valence-corrected chi connectivity index (χ4v) is 2.49. The number of carbonyl (C=O) groups excluding carboxylic acids is 1. The molecule has 2 heterocycles. The molecule has 0 bridgehead atoms.